The Morgan fingerprint density at radius 3 is 2.56 bits per heavy atom. The van der Waals surface area contributed by atoms with Gasteiger partial charge in [0, 0.05) is 34.3 Å². The molecule has 0 aromatic heterocycles. The molecule has 0 unspecified atom stereocenters. The molecule has 2 aromatic carbocycles. The third-order valence-electron chi connectivity index (χ3n) is 4.50. The van der Waals surface area contributed by atoms with E-state index in [0.717, 1.165) is 5.56 Å². The monoisotopic (exact) mass is 405 g/mol. The van der Waals surface area contributed by atoms with E-state index in [1.54, 1.807) is 42.5 Å². The molecule has 0 aliphatic carbocycles. The van der Waals surface area contributed by atoms with Gasteiger partial charge in [-0.3, -0.25) is 14.4 Å². The third kappa shape index (κ3) is 4.31. The Hall–Kier alpha value is -2.37. The number of ketones is 1. The highest BCUT2D eigenvalue weighted by atomic mass is 35.5. The second-order valence-corrected chi connectivity index (χ2v) is 7.17. The van der Waals surface area contributed by atoms with E-state index in [2.05, 4.69) is 0 Å². The number of esters is 1. The number of Topliss-reactive ketones (excluding diaryl/α,β-unsaturated/α-hetero) is 1. The number of hydrogen-bond acceptors (Lipinski definition) is 4. The van der Waals surface area contributed by atoms with Gasteiger partial charge in [0.25, 0.3) is 0 Å². The van der Waals surface area contributed by atoms with E-state index < -0.39 is 11.9 Å². The van der Waals surface area contributed by atoms with Gasteiger partial charge in [0.15, 0.2) is 12.4 Å². The maximum atomic E-state index is 12.3. The van der Waals surface area contributed by atoms with E-state index in [1.165, 1.54) is 4.90 Å². The van der Waals surface area contributed by atoms with Crippen molar-refractivity contribution in [1.29, 1.82) is 0 Å². The molecule has 27 heavy (non-hydrogen) atoms. The van der Waals surface area contributed by atoms with Crippen LogP contribution in [0.4, 0.5) is 5.69 Å². The molecule has 3 rings (SSSR count). The van der Waals surface area contributed by atoms with Gasteiger partial charge in [-0.2, -0.15) is 0 Å². The largest absolute Gasteiger partial charge is 0.457 e. The number of hydrogen-bond donors (Lipinski definition) is 0. The van der Waals surface area contributed by atoms with E-state index in [-0.39, 0.29) is 31.3 Å². The Balaban J connectivity index is 1.61. The Labute approximate surface area is 166 Å². The van der Waals surface area contributed by atoms with Crippen molar-refractivity contribution >= 4 is 46.5 Å². The first-order valence-electron chi connectivity index (χ1n) is 8.37. The molecule has 0 radical (unpaired) electrons. The fraction of sp³-hybridized carbons (Fsp3) is 0.250. The zero-order chi connectivity index (χ0) is 19.6. The predicted octanol–water partition coefficient (Wildman–Crippen LogP) is 4.08. The van der Waals surface area contributed by atoms with Gasteiger partial charge in [-0.1, -0.05) is 29.3 Å². The Morgan fingerprint density at radius 2 is 1.85 bits per heavy atom. The van der Waals surface area contributed by atoms with Crippen molar-refractivity contribution in [3.05, 3.63) is 63.6 Å². The van der Waals surface area contributed by atoms with Gasteiger partial charge in [0.05, 0.1) is 5.92 Å². The summed E-state index contributed by atoms with van der Waals surface area (Å²) in [5.41, 5.74) is 1.87. The first kappa shape index (κ1) is 19.4. The van der Waals surface area contributed by atoms with Gasteiger partial charge in [-0.15, -0.1) is 0 Å². The SMILES string of the molecule is Cc1c(Cl)cccc1N1C[C@@H](C(=O)OCC(=O)c2ccc(Cl)cc2)CC1=O. The molecule has 140 valence electrons. The van der Waals surface area contributed by atoms with Gasteiger partial charge in [0.2, 0.25) is 5.91 Å². The van der Waals surface area contributed by atoms with Crippen LogP contribution in [0, 0.1) is 12.8 Å². The number of ether oxygens (including phenoxy) is 1. The van der Waals surface area contributed by atoms with E-state index in [9.17, 15) is 14.4 Å². The number of carbonyl (C=O) groups excluding carboxylic acids is 3. The molecule has 2 aromatic rings. The molecule has 7 heteroatoms. The van der Waals surface area contributed by atoms with Crippen LogP contribution in [-0.4, -0.2) is 30.8 Å². The summed E-state index contributed by atoms with van der Waals surface area (Å²) in [5.74, 6) is -1.68. The molecular weight excluding hydrogens is 389 g/mol. The average Bonchev–Trinajstić information content (AvgIpc) is 3.04. The summed E-state index contributed by atoms with van der Waals surface area (Å²) >= 11 is 11.9. The second kappa shape index (κ2) is 8.11. The lowest BCUT2D eigenvalue weighted by Gasteiger charge is -2.19. The number of rotatable bonds is 5. The Bertz CT molecular complexity index is 895. The number of nitrogens with zero attached hydrogens (tertiary/aromatic N) is 1. The van der Waals surface area contributed by atoms with Crippen LogP contribution in [0.25, 0.3) is 0 Å². The molecule has 1 aliphatic rings. The molecule has 0 spiro atoms. The molecule has 1 atom stereocenters. The van der Waals surface area contributed by atoms with E-state index in [0.29, 0.717) is 21.3 Å². The molecule has 1 fully saturated rings. The third-order valence-corrected chi connectivity index (χ3v) is 5.16. The highest BCUT2D eigenvalue weighted by molar-refractivity contribution is 6.32. The van der Waals surface area contributed by atoms with Gasteiger partial charge >= 0.3 is 5.97 Å². The predicted molar refractivity (Wildman–Crippen MR) is 103 cm³/mol. The van der Waals surface area contributed by atoms with Crippen LogP contribution < -0.4 is 4.90 Å². The van der Waals surface area contributed by atoms with Crippen LogP contribution in [-0.2, 0) is 14.3 Å². The number of amides is 1. The maximum Gasteiger partial charge on any atom is 0.311 e. The van der Waals surface area contributed by atoms with Crippen molar-refractivity contribution in [1.82, 2.24) is 0 Å². The summed E-state index contributed by atoms with van der Waals surface area (Å²) in [6.07, 6.45) is 0.0416. The molecule has 1 saturated heterocycles. The van der Waals surface area contributed by atoms with Crippen molar-refractivity contribution in [2.24, 2.45) is 5.92 Å². The summed E-state index contributed by atoms with van der Waals surface area (Å²) < 4.78 is 5.13. The summed E-state index contributed by atoms with van der Waals surface area (Å²) in [7, 11) is 0. The minimum Gasteiger partial charge on any atom is -0.457 e. The smallest absolute Gasteiger partial charge is 0.311 e. The van der Waals surface area contributed by atoms with Crippen molar-refractivity contribution in [2.75, 3.05) is 18.1 Å². The molecule has 1 amide bonds. The van der Waals surface area contributed by atoms with Crippen molar-refractivity contribution in [3.8, 4) is 0 Å². The Kier molecular flexibility index (Phi) is 5.82. The maximum absolute atomic E-state index is 12.3. The molecular formula is C20H17Cl2NO4. The highest BCUT2D eigenvalue weighted by Gasteiger charge is 2.37. The van der Waals surface area contributed by atoms with Crippen molar-refractivity contribution in [2.45, 2.75) is 13.3 Å². The first-order valence-corrected chi connectivity index (χ1v) is 9.13. The fourth-order valence-corrected chi connectivity index (χ4v) is 3.26. The highest BCUT2D eigenvalue weighted by Crippen LogP contribution is 2.31. The van der Waals surface area contributed by atoms with Crippen LogP contribution >= 0.6 is 23.2 Å². The summed E-state index contributed by atoms with van der Waals surface area (Å²) in [6.45, 7) is 1.65. The normalized spacial score (nSPS) is 16.5. The molecule has 0 saturated carbocycles. The van der Waals surface area contributed by atoms with Gasteiger partial charge in [-0.05, 0) is 48.9 Å². The van der Waals surface area contributed by atoms with Gasteiger partial charge in [-0.25, -0.2) is 0 Å². The lowest BCUT2D eigenvalue weighted by molar-refractivity contribution is -0.147. The van der Waals surface area contributed by atoms with Crippen molar-refractivity contribution in [3.63, 3.8) is 0 Å². The van der Waals surface area contributed by atoms with Crippen LogP contribution in [0.3, 0.4) is 0 Å². The number of halogens is 2. The van der Waals surface area contributed by atoms with E-state index in [4.69, 9.17) is 27.9 Å². The number of benzene rings is 2. The van der Waals surface area contributed by atoms with Crippen LogP contribution in [0.5, 0.6) is 0 Å². The summed E-state index contributed by atoms with van der Waals surface area (Å²) in [5, 5.41) is 1.07. The number of carbonyl (C=O) groups is 3. The average molecular weight is 406 g/mol. The standard InChI is InChI=1S/C20H17Cl2NO4/c1-12-16(22)3-2-4-17(12)23-10-14(9-19(23)25)20(26)27-11-18(24)13-5-7-15(21)8-6-13/h2-8,14H,9-11H2,1H3/t14-/m0/s1. The Morgan fingerprint density at radius 1 is 1.15 bits per heavy atom. The fourth-order valence-electron chi connectivity index (χ4n) is 2.96. The molecule has 1 heterocycles. The lowest BCUT2D eigenvalue weighted by atomic mass is 10.1. The van der Waals surface area contributed by atoms with Gasteiger partial charge in [0.1, 0.15) is 0 Å². The second-order valence-electron chi connectivity index (χ2n) is 6.33. The minimum atomic E-state index is -0.617. The van der Waals surface area contributed by atoms with Crippen molar-refractivity contribution < 1.29 is 19.1 Å². The lowest BCUT2D eigenvalue weighted by Crippen LogP contribution is -2.27. The van der Waals surface area contributed by atoms with E-state index in [1.807, 2.05) is 6.92 Å². The molecule has 0 bridgehead atoms. The summed E-state index contributed by atoms with van der Waals surface area (Å²) in [4.78, 5) is 38.3. The minimum absolute atomic E-state index is 0.0416. The quantitative estimate of drug-likeness (QED) is 0.555. The van der Waals surface area contributed by atoms with E-state index >= 15 is 0 Å². The molecule has 1 aliphatic heterocycles. The first-order chi connectivity index (χ1) is 12.9. The molecule has 0 N–H and O–H groups in total. The summed E-state index contributed by atoms with van der Waals surface area (Å²) in [6, 6.07) is 11.6. The van der Waals surface area contributed by atoms with Crippen LogP contribution in [0.2, 0.25) is 10.0 Å². The van der Waals surface area contributed by atoms with Crippen LogP contribution in [0.1, 0.15) is 22.3 Å². The zero-order valence-electron chi connectivity index (χ0n) is 14.6. The van der Waals surface area contributed by atoms with Crippen LogP contribution in [0.15, 0.2) is 42.5 Å². The zero-order valence-corrected chi connectivity index (χ0v) is 16.1. The van der Waals surface area contributed by atoms with Gasteiger partial charge < -0.3 is 9.64 Å². The molecule has 5 nitrogen and oxygen atoms in total. The number of anilines is 1. The topological polar surface area (TPSA) is 63.7 Å².